The fraction of sp³-hybridized carbons (Fsp3) is 0.922. The van der Waals surface area contributed by atoms with E-state index in [0.29, 0.717) is 0 Å². The summed E-state index contributed by atoms with van der Waals surface area (Å²) in [5.41, 5.74) is 0. The molecular weight excluding hydrogens is 1120 g/mol. The Balaban J connectivity index is -0.0000000348. The first-order valence-corrected chi connectivity index (χ1v) is 17.9. The Morgan fingerprint density at radius 3 is 0.488 bits per heavy atom. The highest BCUT2D eigenvalue weighted by Crippen LogP contribution is 2.04. The van der Waals surface area contributed by atoms with Crippen LogP contribution in [0.2, 0.25) is 0 Å². The lowest BCUT2D eigenvalue weighted by molar-refractivity contribution is -0.159. The van der Waals surface area contributed by atoms with Crippen LogP contribution in [0.1, 0.15) is 257 Å². The molecule has 0 amide bonds. The summed E-state index contributed by atoms with van der Waals surface area (Å²) in [6.07, 6.45) is -8.82. The SMILES string of the molecule is C.C.C.C.C.C.C.C.C.C.C.C.C.C.C.C.C.C.C.C.C.C.C.C.C.C.C.C.C.C.CC(O)C(=O)OCCOCC(COCC(COCC(COCCOC(=O)C(C)O)OCCOC(=O)C(C)O)OCCOC(=O)C(C)O)OCCOC(=O)C(C)O. The van der Waals surface area contributed by atoms with Gasteiger partial charge in [0.25, 0.3) is 0 Å². The van der Waals surface area contributed by atoms with E-state index in [1.54, 1.807) is 0 Å². The van der Waals surface area contributed by atoms with Gasteiger partial charge in [0.15, 0.2) is 0 Å². The van der Waals surface area contributed by atoms with Crippen molar-refractivity contribution in [2.45, 2.75) is 306 Å². The van der Waals surface area contributed by atoms with Gasteiger partial charge in [0.2, 0.25) is 0 Å². The van der Waals surface area contributed by atoms with E-state index in [9.17, 15) is 49.5 Å². The Morgan fingerprint density at radius 2 is 0.349 bits per heavy atom. The molecule has 0 spiro atoms. The van der Waals surface area contributed by atoms with Gasteiger partial charge in [-0.2, -0.15) is 0 Å². The van der Waals surface area contributed by atoms with E-state index in [-0.39, 0.29) is 329 Å². The average molecular weight is 1300 g/mol. The first-order chi connectivity index (χ1) is 26.5. The van der Waals surface area contributed by atoms with Gasteiger partial charge >= 0.3 is 29.8 Å². The van der Waals surface area contributed by atoms with E-state index in [1.165, 1.54) is 34.6 Å². The molecule has 7 atom stereocenters. The quantitative estimate of drug-likeness (QED) is 0.0224. The second-order valence-corrected chi connectivity index (χ2v) is 11.9. The van der Waals surface area contributed by atoms with Gasteiger partial charge in [-0.3, -0.25) is 0 Å². The monoisotopic (exact) mass is 1300 g/mol. The van der Waals surface area contributed by atoms with E-state index < -0.39 is 78.7 Å². The molecule has 0 bridgehead atoms. The van der Waals surface area contributed by atoms with Crippen molar-refractivity contribution in [3.8, 4) is 0 Å². The van der Waals surface area contributed by atoms with E-state index in [0.717, 1.165) is 0 Å². The van der Waals surface area contributed by atoms with Gasteiger partial charge in [-0.15, -0.1) is 0 Å². The maximum absolute atomic E-state index is 11.6. The summed E-state index contributed by atoms with van der Waals surface area (Å²) >= 11 is 0. The molecular formula is C64H180O22. The van der Waals surface area contributed by atoms with Gasteiger partial charge in [-0.05, 0) is 34.6 Å². The lowest BCUT2D eigenvalue weighted by Crippen LogP contribution is -2.34. The molecule has 22 nitrogen and oxygen atoms in total. The van der Waals surface area contributed by atoms with E-state index in [1.807, 2.05) is 0 Å². The van der Waals surface area contributed by atoms with Crippen LogP contribution in [0.5, 0.6) is 0 Å². The summed E-state index contributed by atoms with van der Waals surface area (Å²) in [5, 5.41) is 46.5. The van der Waals surface area contributed by atoms with Crippen molar-refractivity contribution < 1.29 is 106 Å². The van der Waals surface area contributed by atoms with Crippen molar-refractivity contribution in [2.24, 2.45) is 0 Å². The molecule has 0 saturated heterocycles. The minimum atomic E-state index is -1.34. The van der Waals surface area contributed by atoms with E-state index in [2.05, 4.69) is 0 Å². The summed E-state index contributed by atoms with van der Waals surface area (Å²) < 4.78 is 64.3. The van der Waals surface area contributed by atoms with Crippen molar-refractivity contribution >= 4 is 29.8 Å². The van der Waals surface area contributed by atoms with Gasteiger partial charge in [0.1, 0.15) is 81.9 Å². The minimum absolute atomic E-state index is 0. The fourth-order valence-corrected chi connectivity index (χ4v) is 3.60. The summed E-state index contributed by atoms with van der Waals surface area (Å²) in [7, 11) is 0. The summed E-state index contributed by atoms with van der Waals surface area (Å²) in [5.74, 6) is -4.17. The molecule has 7 unspecified atom stereocenters. The van der Waals surface area contributed by atoms with E-state index in [4.69, 9.17) is 56.8 Å². The molecule has 0 aliphatic carbocycles. The van der Waals surface area contributed by atoms with Gasteiger partial charge in [-0.25, -0.2) is 24.0 Å². The topological polar surface area (TPSA) is 297 Å². The highest BCUT2D eigenvalue weighted by atomic mass is 16.6. The van der Waals surface area contributed by atoms with Crippen LogP contribution in [0.3, 0.4) is 0 Å². The van der Waals surface area contributed by atoms with Crippen molar-refractivity contribution in [3.63, 3.8) is 0 Å². The van der Waals surface area contributed by atoms with Crippen LogP contribution in [-0.4, -0.2) is 210 Å². The number of ether oxygens (including phenoxy) is 12. The summed E-state index contributed by atoms with van der Waals surface area (Å²) in [6.45, 7) is 4.57. The van der Waals surface area contributed by atoms with Crippen LogP contribution in [-0.2, 0) is 80.8 Å². The average Bonchev–Trinajstić information content (AvgIpc) is 3.14. The largest absolute Gasteiger partial charge is 0.461 e. The predicted molar refractivity (Wildman–Crippen MR) is 388 cm³/mol. The number of carbonyl (C=O) groups excluding carboxylic acids is 5. The summed E-state index contributed by atoms with van der Waals surface area (Å²) in [6, 6.07) is 0. The number of aliphatic hydroxyl groups excluding tert-OH is 5. The lowest BCUT2D eigenvalue weighted by Gasteiger charge is -2.23. The number of rotatable bonds is 35. The van der Waals surface area contributed by atoms with Crippen LogP contribution >= 0.6 is 0 Å². The maximum Gasteiger partial charge on any atom is 0.334 e. The number of aliphatic hydroxyl groups is 5. The second kappa shape index (κ2) is 131. The summed E-state index contributed by atoms with van der Waals surface area (Å²) in [4.78, 5) is 57.7. The van der Waals surface area contributed by atoms with E-state index >= 15 is 0 Å². The molecule has 0 fully saturated rings. The Bertz CT molecular complexity index is 1020. The molecule has 0 aromatic carbocycles. The van der Waals surface area contributed by atoms with Crippen LogP contribution in [0.15, 0.2) is 0 Å². The smallest absolute Gasteiger partial charge is 0.334 e. The third-order valence-electron chi connectivity index (χ3n) is 6.52. The molecule has 5 N–H and O–H groups in total. The maximum atomic E-state index is 11.6. The zero-order valence-corrected chi connectivity index (χ0v) is 32.6. The number of carbonyl (C=O) groups is 5. The van der Waals surface area contributed by atoms with Crippen molar-refractivity contribution in [3.05, 3.63) is 0 Å². The first kappa shape index (κ1) is 206. The number of hydrogen-bond donors (Lipinski definition) is 5. The minimum Gasteiger partial charge on any atom is -0.461 e. The Hall–Kier alpha value is -3.13. The van der Waals surface area contributed by atoms with Gasteiger partial charge in [0, 0.05) is 0 Å². The Morgan fingerprint density at radius 1 is 0.221 bits per heavy atom. The van der Waals surface area contributed by atoms with Crippen LogP contribution in [0.4, 0.5) is 0 Å². The fourth-order valence-electron chi connectivity index (χ4n) is 3.60. The number of esters is 5. The molecule has 0 rings (SSSR count). The molecule has 0 saturated carbocycles. The van der Waals surface area contributed by atoms with Crippen LogP contribution in [0, 0.1) is 0 Å². The first-order valence-electron chi connectivity index (χ1n) is 17.9. The molecule has 86 heavy (non-hydrogen) atoms. The third-order valence-corrected chi connectivity index (χ3v) is 6.52. The second-order valence-electron chi connectivity index (χ2n) is 11.9. The molecule has 568 valence electrons. The third kappa shape index (κ3) is 119. The van der Waals surface area contributed by atoms with Crippen LogP contribution < -0.4 is 0 Å². The highest BCUT2D eigenvalue weighted by molar-refractivity contribution is 5.75. The standard InChI is InChI=1S/C34H60O22.30CH4/c1-22(35)30(40)52-8-6-45-16-27(49-10-13-54-32(42)24(3)37)18-47-20-29(51-12-15-56-34(44)26(5)39)21-48-19-28(50-11-14-55-33(43)25(4)38)17-46-7-9-53-31(41)23(2)36;;;;;;;;;;;;;;;;;;;;;;;;;;;;;;/h22-29,35-39H,6-21H2,1-5H3;30*1H4. The van der Waals surface area contributed by atoms with Crippen LogP contribution in [0.25, 0.3) is 0 Å². The van der Waals surface area contributed by atoms with Crippen molar-refractivity contribution in [1.82, 2.24) is 0 Å². The zero-order valence-electron chi connectivity index (χ0n) is 32.6. The Labute approximate surface area is 546 Å². The molecule has 0 aliphatic heterocycles. The molecule has 0 aromatic heterocycles. The normalized spacial score (nSPS) is 10.2. The zero-order chi connectivity index (χ0) is 42.3. The molecule has 0 heterocycles. The van der Waals surface area contributed by atoms with Gasteiger partial charge < -0.3 is 82.4 Å². The van der Waals surface area contributed by atoms with Crippen molar-refractivity contribution in [1.29, 1.82) is 0 Å². The molecule has 0 aliphatic rings. The Kier molecular flexibility index (Phi) is 315. The highest BCUT2D eigenvalue weighted by Gasteiger charge is 2.19. The lowest BCUT2D eigenvalue weighted by atomic mass is 10.3. The molecule has 0 aromatic rings. The predicted octanol–water partition coefficient (Wildman–Crippen LogP) is 15.9. The molecule has 22 heteroatoms. The molecule has 0 radical (unpaired) electrons. The number of hydrogen-bond acceptors (Lipinski definition) is 22. The van der Waals surface area contributed by atoms with Gasteiger partial charge in [0.05, 0.1) is 72.7 Å². The van der Waals surface area contributed by atoms with Gasteiger partial charge in [-0.1, -0.05) is 223 Å². The van der Waals surface area contributed by atoms with Crippen molar-refractivity contribution in [2.75, 3.05) is 106 Å².